The second-order valence-corrected chi connectivity index (χ2v) is 18.3. The summed E-state index contributed by atoms with van der Waals surface area (Å²) in [4.78, 5) is 51.4. The van der Waals surface area contributed by atoms with Gasteiger partial charge < -0.3 is 29.0 Å². The average Bonchev–Trinajstić information content (AvgIpc) is 3.66. The minimum Gasteiger partial charge on any atom is -0.508 e. The molecule has 2 fully saturated rings. The van der Waals surface area contributed by atoms with E-state index in [-0.39, 0.29) is 65.6 Å². The molecule has 2 amide bonds. The third kappa shape index (κ3) is 8.12. The van der Waals surface area contributed by atoms with Gasteiger partial charge in [0.15, 0.2) is 11.6 Å². The van der Waals surface area contributed by atoms with Gasteiger partial charge in [-0.3, -0.25) is 4.90 Å². The zero-order valence-corrected chi connectivity index (χ0v) is 36.4. The molecule has 0 spiro atoms. The molecule has 8 rings (SSSR count). The second kappa shape index (κ2) is 16.1. The number of hydrogen-bond acceptors (Lipinski definition) is 13. The number of phenolic OH excluding ortho intramolecular Hbond substituents is 1. The van der Waals surface area contributed by atoms with Crippen molar-refractivity contribution in [3.63, 3.8) is 0 Å². The van der Waals surface area contributed by atoms with Crippen LogP contribution in [0.1, 0.15) is 91.8 Å². The van der Waals surface area contributed by atoms with Gasteiger partial charge in [-0.2, -0.15) is 14.9 Å². The number of phenols is 1. The number of ether oxygens (including phenoxy) is 4. The van der Waals surface area contributed by atoms with Crippen LogP contribution in [0, 0.1) is 5.82 Å². The minimum atomic E-state index is -0.997. The van der Waals surface area contributed by atoms with E-state index in [2.05, 4.69) is 9.88 Å². The predicted octanol–water partition coefficient (Wildman–Crippen LogP) is 9.24. The molecule has 2 aromatic carbocycles. The van der Waals surface area contributed by atoms with E-state index in [9.17, 15) is 19.1 Å². The highest BCUT2D eigenvalue weighted by Gasteiger charge is 2.49. The maximum atomic E-state index is 17.6. The monoisotopic (exact) mass is 853 g/mol. The van der Waals surface area contributed by atoms with Crippen molar-refractivity contribution >= 4 is 45.5 Å². The molecule has 3 aliphatic heterocycles. The molecular weight excluding hydrogens is 801 g/mol. The standard InChI is InChI=1S/C46H53F2N7O7/c1-9-27-13-10-14-28-21-30(56)22-32(33(27)28)36-35(48)37-34-39(52-41(51-37)60-25-46-16-12-18-53(46)24-29(47)23-46)54(19-20-59-40(34)50-36)26(2)31-15-11-17-49-38(31)55(42(57)61-44(3,4)5)43(58)62-45(6,7)8/h10-11,13-15,17,21-22,26,29,56H,9,12,16,18-20,23-25H2,1-8H3/t26-,29-,46+/m1/s1. The van der Waals surface area contributed by atoms with Gasteiger partial charge in [0, 0.05) is 30.3 Å². The Morgan fingerprint density at radius 1 is 1.02 bits per heavy atom. The van der Waals surface area contributed by atoms with Gasteiger partial charge in [-0.05, 0) is 109 Å². The first-order valence-electron chi connectivity index (χ1n) is 21.1. The van der Waals surface area contributed by atoms with Gasteiger partial charge in [-0.1, -0.05) is 31.2 Å². The van der Waals surface area contributed by atoms with Crippen LogP contribution in [0.15, 0.2) is 48.7 Å². The number of nitrogens with zero attached hydrogens (tertiary/aromatic N) is 7. The number of benzene rings is 2. The molecular formula is C46H53F2N7O7. The molecule has 0 saturated carbocycles. The van der Waals surface area contributed by atoms with E-state index in [1.165, 1.54) is 12.3 Å². The van der Waals surface area contributed by atoms with Crippen molar-refractivity contribution in [3.05, 3.63) is 65.6 Å². The first-order valence-corrected chi connectivity index (χ1v) is 21.1. The molecule has 328 valence electrons. The third-order valence-corrected chi connectivity index (χ3v) is 11.6. The number of pyridine rings is 2. The van der Waals surface area contributed by atoms with E-state index in [1.807, 2.05) is 36.9 Å². The number of alkyl halides is 1. The number of imide groups is 1. The molecule has 2 saturated heterocycles. The highest BCUT2D eigenvalue weighted by molar-refractivity contribution is 6.09. The number of carbonyl (C=O) groups excluding carboxylic acids is 2. The number of anilines is 2. The molecule has 14 nitrogen and oxygen atoms in total. The van der Waals surface area contributed by atoms with Crippen molar-refractivity contribution in [3.8, 4) is 28.9 Å². The molecule has 1 N–H and O–H groups in total. The molecule has 3 aliphatic rings. The Morgan fingerprint density at radius 2 is 1.76 bits per heavy atom. The quantitative estimate of drug-likeness (QED) is 0.158. The molecule has 6 heterocycles. The molecule has 0 radical (unpaired) electrons. The predicted molar refractivity (Wildman–Crippen MR) is 230 cm³/mol. The molecule has 3 aromatic heterocycles. The van der Waals surface area contributed by atoms with Crippen LogP contribution >= 0.6 is 0 Å². The lowest BCUT2D eigenvalue weighted by atomic mass is 9.95. The topological polar surface area (TPSA) is 153 Å². The highest BCUT2D eigenvalue weighted by atomic mass is 19.1. The number of fused-ring (bicyclic) bond motifs is 2. The van der Waals surface area contributed by atoms with Gasteiger partial charge in [0.25, 0.3) is 0 Å². The van der Waals surface area contributed by atoms with Gasteiger partial charge in [0.1, 0.15) is 58.8 Å². The Kier molecular flexibility index (Phi) is 11.1. The molecule has 3 atom stereocenters. The number of aryl methyl sites for hydroxylation is 1. The summed E-state index contributed by atoms with van der Waals surface area (Å²) in [5.74, 6) is -0.625. The van der Waals surface area contributed by atoms with Crippen LogP contribution in [0.2, 0.25) is 0 Å². The Morgan fingerprint density at radius 3 is 2.47 bits per heavy atom. The second-order valence-electron chi connectivity index (χ2n) is 18.3. The van der Waals surface area contributed by atoms with E-state index < -0.39 is 47.0 Å². The summed E-state index contributed by atoms with van der Waals surface area (Å²) >= 11 is 0. The van der Waals surface area contributed by atoms with E-state index >= 15 is 4.39 Å². The van der Waals surface area contributed by atoms with Crippen molar-refractivity contribution in [2.24, 2.45) is 0 Å². The van der Waals surface area contributed by atoms with Crippen molar-refractivity contribution in [2.75, 3.05) is 42.6 Å². The van der Waals surface area contributed by atoms with Gasteiger partial charge >= 0.3 is 18.2 Å². The SMILES string of the molecule is CCc1cccc2cc(O)cc(-c3nc4c5c(nc(OC[C@@]67CCCN6C[C@H](F)C7)nc5c3F)N([C@H](C)c3cccnc3N(C(=O)OC(C)(C)C)C(=O)OC(C)(C)C)CCO4)c12. The van der Waals surface area contributed by atoms with Crippen molar-refractivity contribution in [1.82, 2.24) is 24.8 Å². The van der Waals surface area contributed by atoms with Crippen LogP contribution < -0.4 is 19.3 Å². The summed E-state index contributed by atoms with van der Waals surface area (Å²) in [6.07, 6.45) is 1.04. The first-order chi connectivity index (χ1) is 29.4. The van der Waals surface area contributed by atoms with E-state index in [1.54, 1.807) is 59.7 Å². The number of aromatic nitrogens is 4. The highest BCUT2D eigenvalue weighted by Crippen LogP contribution is 2.46. The lowest BCUT2D eigenvalue weighted by Crippen LogP contribution is -2.45. The summed E-state index contributed by atoms with van der Waals surface area (Å²) < 4.78 is 56.6. The van der Waals surface area contributed by atoms with Gasteiger partial charge in [0.05, 0.1) is 18.1 Å². The smallest absolute Gasteiger partial charge is 0.425 e. The Hall–Kier alpha value is -5.90. The fraction of sp³-hybridized carbons (Fsp3) is 0.478. The van der Waals surface area contributed by atoms with Crippen molar-refractivity contribution in [1.29, 1.82) is 0 Å². The van der Waals surface area contributed by atoms with E-state index in [4.69, 9.17) is 33.9 Å². The van der Waals surface area contributed by atoms with Crippen LogP contribution in [0.4, 0.5) is 30.0 Å². The van der Waals surface area contributed by atoms with E-state index in [0.29, 0.717) is 35.9 Å². The Labute approximate surface area is 359 Å². The van der Waals surface area contributed by atoms with Crippen molar-refractivity contribution < 1.29 is 42.4 Å². The number of halogens is 2. The van der Waals surface area contributed by atoms with E-state index in [0.717, 1.165) is 35.2 Å². The zero-order valence-electron chi connectivity index (χ0n) is 36.4. The van der Waals surface area contributed by atoms with Crippen LogP contribution in [0.5, 0.6) is 17.6 Å². The largest absolute Gasteiger partial charge is 0.508 e. The average molecular weight is 854 g/mol. The van der Waals surface area contributed by atoms with Gasteiger partial charge in [-0.25, -0.2) is 28.3 Å². The summed E-state index contributed by atoms with van der Waals surface area (Å²) in [6, 6.07) is 11.3. The number of hydrogen-bond donors (Lipinski definition) is 1. The third-order valence-electron chi connectivity index (χ3n) is 11.6. The Bertz CT molecular complexity index is 2530. The summed E-state index contributed by atoms with van der Waals surface area (Å²) in [5, 5.41) is 12.5. The molecule has 0 bridgehead atoms. The number of rotatable bonds is 8. The molecule has 62 heavy (non-hydrogen) atoms. The molecule has 0 aliphatic carbocycles. The molecule has 0 unspecified atom stereocenters. The normalized spacial score (nSPS) is 19.5. The number of aromatic hydroxyl groups is 1. The van der Waals surface area contributed by atoms with Crippen LogP contribution in [-0.4, -0.2) is 97.9 Å². The lowest BCUT2D eigenvalue weighted by molar-refractivity contribution is 0.0428. The Balaban J connectivity index is 1.30. The molecule has 16 heteroatoms. The zero-order chi connectivity index (χ0) is 44.3. The van der Waals surface area contributed by atoms with Crippen LogP contribution in [0.25, 0.3) is 32.9 Å². The van der Waals surface area contributed by atoms with Gasteiger partial charge in [-0.15, -0.1) is 0 Å². The fourth-order valence-electron chi connectivity index (χ4n) is 8.95. The summed E-state index contributed by atoms with van der Waals surface area (Å²) in [5.41, 5.74) is -1.01. The number of amides is 2. The maximum absolute atomic E-state index is 17.6. The van der Waals surface area contributed by atoms with Crippen LogP contribution in [-0.2, 0) is 15.9 Å². The summed E-state index contributed by atoms with van der Waals surface area (Å²) in [6.45, 7) is 15.3. The fourth-order valence-corrected chi connectivity index (χ4v) is 8.95. The van der Waals surface area contributed by atoms with Gasteiger partial charge in [0.2, 0.25) is 5.88 Å². The van der Waals surface area contributed by atoms with Crippen molar-refractivity contribution in [2.45, 2.75) is 110 Å². The van der Waals surface area contributed by atoms with Crippen LogP contribution in [0.3, 0.4) is 0 Å². The number of carbonyl (C=O) groups is 2. The molecule has 5 aromatic rings. The minimum absolute atomic E-state index is 0.0414. The summed E-state index contributed by atoms with van der Waals surface area (Å²) in [7, 11) is 0. The first kappa shape index (κ1) is 42.8. The lowest BCUT2D eigenvalue weighted by Gasteiger charge is -2.33. The maximum Gasteiger partial charge on any atom is 0.425 e.